The highest BCUT2D eigenvalue weighted by Crippen LogP contribution is 2.18. The first kappa shape index (κ1) is 20.3. The largest absolute Gasteiger partial charge is 0.481 e. The number of Topliss-reactive ketones (excluding diaryl/α,β-unsaturated/α-hetero) is 2. The quantitative estimate of drug-likeness (QED) is 0.656. The maximum absolute atomic E-state index is 11.9. The van der Waals surface area contributed by atoms with Gasteiger partial charge in [0, 0.05) is 25.2 Å². The maximum Gasteiger partial charge on any atom is 0.306 e. The number of carboxylic acid groups (broad SMARTS) is 1. The summed E-state index contributed by atoms with van der Waals surface area (Å²) >= 11 is 0. The molecule has 0 rings (SSSR count). The SMILES string of the molecule is CC(=O)C[C@@H](C)C(=O)C[C@@H](CCC(=O)OC(C)(C)C)C(=O)O. The minimum absolute atomic E-state index is 0.0444. The zero-order chi connectivity index (χ0) is 17.5. The van der Waals surface area contributed by atoms with Crippen molar-refractivity contribution >= 4 is 23.5 Å². The smallest absolute Gasteiger partial charge is 0.306 e. The van der Waals surface area contributed by atoms with Gasteiger partial charge in [-0.15, -0.1) is 0 Å². The van der Waals surface area contributed by atoms with Gasteiger partial charge in [0.25, 0.3) is 0 Å². The van der Waals surface area contributed by atoms with E-state index in [-0.39, 0.29) is 37.2 Å². The Balaban J connectivity index is 4.50. The summed E-state index contributed by atoms with van der Waals surface area (Å²) in [6.07, 6.45) is -0.0742. The summed E-state index contributed by atoms with van der Waals surface area (Å²) in [7, 11) is 0. The predicted molar refractivity (Wildman–Crippen MR) is 80.3 cm³/mol. The molecule has 0 radical (unpaired) electrons. The van der Waals surface area contributed by atoms with E-state index in [1.165, 1.54) is 6.92 Å². The van der Waals surface area contributed by atoms with Crippen molar-refractivity contribution in [1.82, 2.24) is 0 Å². The standard InChI is InChI=1S/C16H26O6/c1-10(8-11(2)17)13(18)9-12(15(20)21)6-7-14(19)22-16(3,4)5/h10,12H,6-9H2,1-5H3,(H,20,21)/t10-,12-/m1/s1. The van der Waals surface area contributed by atoms with Gasteiger partial charge in [-0.25, -0.2) is 0 Å². The molecule has 0 aromatic heterocycles. The Morgan fingerprint density at radius 1 is 1.09 bits per heavy atom. The summed E-state index contributed by atoms with van der Waals surface area (Å²) in [5.41, 5.74) is -0.623. The van der Waals surface area contributed by atoms with Crippen molar-refractivity contribution in [3.05, 3.63) is 0 Å². The van der Waals surface area contributed by atoms with Crippen molar-refractivity contribution < 1.29 is 29.0 Å². The number of carbonyl (C=O) groups excluding carboxylic acids is 3. The summed E-state index contributed by atoms with van der Waals surface area (Å²) in [6.45, 7) is 8.18. The average Bonchev–Trinajstić information content (AvgIpc) is 2.30. The van der Waals surface area contributed by atoms with Crippen molar-refractivity contribution in [2.24, 2.45) is 11.8 Å². The molecule has 126 valence electrons. The van der Waals surface area contributed by atoms with E-state index in [1.807, 2.05) is 0 Å². The first-order valence-corrected chi connectivity index (χ1v) is 7.39. The summed E-state index contributed by atoms with van der Waals surface area (Å²) < 4.78 is 5.11. The van der Waals surface area contributed by atoms with Crippen LogP contribution in [0, 0.1) is 11.8 Å². The molecule has 0 saturated carbocycles. The number of ether oxygens (including phenoxy) is 1. The van der Waals surface area contributed by atoms with Gasteiger partial charge >= 0.3 is 11.9 Å². The first-order valence-electron chi connectivity index (χ1n) is 7.39. The normalized spacial score (nSPS) is 14.0. The van der Waals surface area contributed by atoms with Gasteiger partial charge < -0.3 is 14.6 Å². The second-order valence-electron chi connectivity index (χ2n) is 6.64. The van der Waals surface area contributed by atoms with Gasteiger partial charge in [-0.3, -0.25) is 14.4 Å². The van der Waals surface area contributed by atoms with Crippen molar-refractivity contribution in [3.8, 4) is 0 Å². The molecule has 0 aliphatic rings. The van der Waals surface area contributed by atoms with Gasteiger partial charge in [-0.05, 0) is 34.1 Å². The fourth-order valence-electron chi connectivity index (χ4n) is 1.99. The van der Waals surface area contributed by atoms with Crippen LogP contribution in [0.2, 0.25) is 0 Å². The number of ketones is 2. The van der Waals surface area contributed by atoms with Crippen molar-refractivity contribution in [1.29, 1.82) is 0 Å². The number of esters is 1. The van der Waals surface area contributed by atoms with Gasteiger partial charge in [-0.2, -0.15) is 0 Å². The lowest BCUT2D eigenvalue weighted by Crippen LogP contribution is -2.26. The summed E-state index contributed by atoms with van der Waals surface area (Å²) in [5.74, 6) is -3.42. The van der Waals surface area contributed by atoms with Crippen molar-refractivity contribution in [2.45, 2.75) is 65.9 Å². The molecule has 2 atom stereocenters. The molecule has 0 amide bonds. The fraction of sp³-hybridized carbons (Fsp3) is 0.750. The lowest BCUT2D eigenvalue weighted by molar-refractivity contribution is -0.155. The van der Waals surface area contributed by atoms with E-state index in [4.69, 9.17) is 9.84 Å². The Labute approximate surface area is 131 Å². The maximum atomic E-state index is 11.9. The molecular formula is C16H26O6. The second-order valence-corrected chi connectivity index (χ2v) is 6.64. The van der Waals surface area contributed by atoms with Gasteiger partial charge in [-0.1, -0.05) is 6.92 Å². The Morgan fingerprint density at radius 2 is 1.64 bits per heavy atom. The van der Waals surface area contributed by atoms with Crippen LogP contribution in [-0.4, -0.2) is 34.2 Å². The highest BCUT2D eigenvalue weighted by atomic mass is 16.6. The Kier molecular flexibility index (Phi) is 7.98. The number of hydrogen-bond acceptors (Lipinski definition) is 5. The molecule has 6 heteroatoms. The van der Waals surface area contributed by atoms with Crippen LogP contribution in [0.25, 0.3) is 0 Å². The third kappa shape index (κ3) is 9.26. The molecule has 0 aromatic carbocycles. The first-order chi connectivity index (χ1) is 9.92. The number of hydrogen-bond donors (Lipinski definition) is 1. The Hall–Kier alpha value is -1.72. The second kappa shape index (κ2) is 8.66. The van der Waals surface area contributed by atoms with Crippen LogP contribution in [0.3, 0.4) is 0 Å². The molecule has 0 bridgehead atoms. The summed E-state index contributed by atoms with van der Waals surface area (Å²) in [5, 5.41) is 9.16. The van der Waals surface area contributed by atoms with E-state index in [2.05, 4.69) is 0 Å². The lowest BCUT2D eigenvalue weighted by atomic mass is 9.90. The molecule has 0 aromatic rings. The van der Waals surface area contributed by atoms with E-state index >= 15 is 0 Å². The number of rotatable bonds is 9. The highest BCUT2D eigenvalue weighted by Gasteiger charge is 2.26. The third-order valence-corrected chi connectivity index (χ3v) is 3.06. The van der Waals surface area contributed by atoms with Crippen LogP contribution < -0.4 is 0 Å². The molecule has 0 aliphatic heterocycles. The van der Waals surface area contributed by atoms with Crippen LogP contribution >= 0.6 is 0 Å². The minimum Gasteiger partial charge on any atom is -0.481 e. The minimum atomic E-state index is -1.12. The van der Waals surface area contributed by atoms with E-state index in [0.29, 0.717) is 0 Å². The topological polar surface area (TPSA) is 97.7 Å². The monoisotopic (exact) mass is 314 g/mol. The van der Waals surface area contributed by atoms with E-state index in [9.17, 15) is 19.2 Å². The molecular weight excluding hydrogens is 288 g/mol. The number of carboxylic acids is 1. The van der Waals surface area contributed by atoms with E-state index in [0.717, 1.165) is 0 Å². The zero-order valence-corrected chi connectivity index (χ0v) is 14.0. The fourth-order valence-corrected chi connectivity index (χ4v) is 1.99. The van der Waals surface area contributed by atoms with Crippen LogP contribution in [0.5, 0.6) is 0 Å². The Bertz CT molecular complexity index is 432. The molecule has 0 saturated heterocycles. The zero-order valence-electron chi connectivity index (χ0n) is 14.0. The highest BCUT2D eigenvalue weighted by molar-refractivity contribution is 5.89. The molecule has 0 aliphatic carbocycles. The van der Waals surface area contributed by atoms with Gasteiger partial charge in [0.2, 0.25) is 0 Å². The average molecular weight is 314 g/mol. The van der Waals surface area contributed by atoms with Crippen LogP contribution in [0.1, 0.15) is 60.3 Å². The third-order valence-electron chi connectivity index (χ3n) is 3.06. The molecule has 0 spiro atoms. The number of aliphatic carboxylic acids is 1. The molecule has 0 heterocycles. The van der Waals surface area contributed by atoms with Gasteiger partial charge in [0.05, 0.1) is 5.92 Å². The molecule has 0 fully saturated rings. The molecule has 1 N–H and O–H groups in total. The predicted octanol–water partition coefficient (Wildman–Crippen LogP) is 2.38. The Morgan fingerprint density at radius 3 is 2.05 bits per heavy atom. The molecule has 6 nitrogen and oxygen atoms in total. The van der Waals surface area contributed by atoms with Crippen molar-refractivity contribution in [3.63, 3.8) is 0 Å². The van der Waals surface area contributed by atoms with Crippen LogP contribution in [-0.2, 0) is 23.9 Å². The van der Waals surface area contributed by atoms with Crippen LogP contribution in [0.15, 0.2) is 0 Å². The molecule has 0 unspecified atom stereocenters. The van der Waals surface area contributed by atoms with Crippen LogP contribution in [0.4, 0.5) is 0 Å². The summed E-state index contributed by atoms with van der Waals surface area (Å²) in [6, 6.07) is 0. The van der Waals surface area contributed by atoms with E-state index < -0.39 is 29.4 Å². The van der Waals surface area contributed by atoms with Crippen molar-refractivity contribution in [2.75, 3.05) is 0 Å². The lowest BCUT2D eigenvalue weighted by Gasteiger charge is -2.20. The van der Waals surface area contributed by atoms with Gasteiger partial charge in [0.15, 0.2) is 0 Å². The number of carbonyl (C=O) groups is 4. The summed E-state index contributed by atoms with van der Waals surface area (Å²) in [4.78, 5) is 45.7. The van der Waals surface area contributed by atoms with Gasteiger partial charge in [0.1, 0.15) is 17.2 Å². The molecule has 22 heavy (non-hydrogen) atoms. The van der Waals surface area contributed by atoms with E-state index in [1.54, 1.807) is 27.7 Å².